The van der Waals surface area contributed by atoms with Crippen molar-refractivity contribution in [2.45, 2.75) is 27.7 Å². The van der Waals surface area contributed by atoms with Crippen LogP contribution < -0.4 is 10.1 Å². The van der Waals surface area contributed by atoms with Crippen molar-refractivity contribution in [3.63, 3.8) is 0 Å². The molecule has 106 valence electrons. The number of methoxy groups -OCH3 is 1. The summed E-state index contributed by atoms with van der Waals surface area (Å²) in [6.07, 6.45) is 1.79. The molecule has 1 aromatic rings. The molecule has 2 rings (SSSR count). The minimum Gasteiger partial charge on any atom is -0.496 e. The number of nitrogens with one attached hydrogen (secondary N) is 1. The van der Waals surface area contributed by atoms with Gasteiger partial charge in [0.15, 0.2) is 0 Å². The van der Waals surface area contributed by atoms with E-state index >= 15 is 0 Å². The molecule has 0 bridgehead atoms. The third-order valence-electron chi connectivity index (χ3n) is 3.13. The Morgan fingerprint density at radius 2 is 2.00 bits per heavy atom. The summed E-state index contributed by atoms with van der Waals surface area (Å²) >= 11 is 0. The Morgan fingerprint density at radius 1 is 1.30 bits per heavy atom. The highest BCUT2D eigenvalue weighted by molar-refractivity contribution is 6.15. The summed E-state index contributed by atoms with van der Waals surface area (Å²) in [6, 6.07) is 5.78. The van der Waals surface area contributed by atoms with E-state index in [9.17, 15) is 4.79 Å². The van der Waals surface area contributed by atoms with E-state index in [1.807, 2.05) is 45.9 Å². The van der Waals surface area contributed by atoms with Crippen molar-refractivity contribution in [2.75, 3.05) is 7.11 Å². The van der Waals surface area contributed by atoms with E-state index in [1.165, 1.54) is 0 Å². The number of amides is 1. The van der Waals surface area contributed by atoms with E-state index in [2.05, 4.69) is 10.3 Å². The number of carbonyl (C=O) groups excluding carboxylic acids is 1. The van der Waals surface area contributed by atoms with Gasteiger partial charge in [0.1, 0.15) is 17.3 Å². The summed E-state index contributed by atoms with van der Waals surface area (Å²) in [7, 11) is 1.64. The van der Waals surface area contributed by atoms with E-state index in [0.717, 1.165) is 16.9 Å². The van der Waals surface area contributed by atoms with Gasteiger partial charge in [0.05, 0.1) is 7.11 Å². The second kappa shape index (κ2) is 5.12. The molecule has 1 heterocycles. The summed E-state index contributed by atoms with van der Waals surface area (Å²) in [5, 5.41) is 2.82. The number of carbonyl (C=O) groups is 1. The third-order valence-corrected chi connectivity index (χ3v) is 3.13. The lowest BCUT2D eigenvalue weighted by atomic mass is 9.95. The first-order valence-corrected chi connectivity index (χ1v) is 6.58. The predicted molar refractivity (Wildman–Crippen MR) is 80.7 cm³/mol. The molecule has 0 atom stereocenters. The van der Waals surface area contributed by atoms with Gasteiger partial charge in [-0.1, -0.05) is 26.8 Å². The number of nitrogens with zero attached hydrogens (tertiary/aromatic N) is 1. The smallest absolute Gasteiger partial charge is 0.275 e. The van der Waals surface area contributed by atoms with Gasteiger partial charge in [-0.3, -0.25) is 4.79 Å². The van der Waals surface area contributed by atoms with Crippen molar-refractivity contribution in [2.24, 2.45) is 10.4 Å². The summed E-state index contributed by atoms with van der Waals surface area (Å²) in [4.78, 5) is 16.3. The first kappa shape index (κ1) is 14.3. The van der Waals surface area contributed by atoms with E-state index in [0.29, 0.717) is 11.5 Å². The molecule has 1 N–H and O–H groups in total. The molecular formula is C16H20N2O2. The molecule has 4 nitrogen and oxygen atoms in total. The van der Waals surface area contributed by atoms with Crippen molar-refractivity contribution >= 4 is 17.8 Å². The van der Waals surface area contributed by atoms with Crippen molar-refractivity contribution in [3.05, 3.63) is 35.0 Å². The minimum absolute atomic E-state index is 0.150. The molecule has 0 radical (unpaired) electrons. The van der Waals surface area contributed by atoms with Crippen molar-refractivity contribution in [1.29, 1.82) is 0 Å². The number of hydrogen-bond acceptors (Lipinski definition) is 3. The van der Waals surface area contributed by atoms with Crippen LogP contribution in [0.5, 0.6) is 5.75 Å². The van der Waals surface area contributed by atoms with Gasteiger partial charge < -0.3 is 10.1 Å². The fraction of sp³-hybridized carbons (Fsp3) is 0.375. The third kappa shape index (κ3) is 2.90. The van der Waals surface area contributed by atoms with E-state index in [4.69, 9.17) is 4.74 Å². The summed E-state index contributed by atoms with van der Waals surface area (Å²) in [5.74, 6) is 1.39. The number of aryl methyl sites for hydroxylation is 1. The van der Waals surface area contributed by atoms with Crippen LogP contribution in [-0.2, 0) is 4.79 Å². The van der Waals surface area contributed by atoms with Gasteiger partial charge in [0, 0.05) is 5.41 Å². The van der Waals surface area contributed by atoms with Gasteiger partial charge in [-0.15, -0.1) is 0 Å². The quantitative estimate of drug-likeness (QED) is 0.842. The van der Waals surface area contributed by atoms with Crippen molar-refractivity contribution < 1.29 is 9.53 Å². The average molecular weight is 272 g/mol. The van der Waals surface area contributed by atoms with Crippen LogP contribution in [0.3, 0.4) is 0 Å². The molecule has 1 aromatic carbocycles. The number of aliphatic imine (C=N–C) groups is 1. The van der Waals surface area contributed by atoms with Gasteiger partial charge in [0.2, 0.25) is 0 Å². The summed E-state index contributed by atoms with van der Waals surface area (Å²) in [6.45, 7) is 8.03. The molecule has 1 amide bonds. The van der Waals surface area contributed by atoms with Crippen LogP contribution in [0.4, 0.5) is 0 Å². The predicted octanol–water partition coefficient (Wildman–Crippen LogP) is 2.92. The van der Waals surface area contributed by atoms with Crippen LogP contribution in [0.25, 0.3) is 6.08 Å². The molecular weight excluding hydrogens is 252 g/mol. The average Bonchev–Trinajstić information content (AvgIpc) is 2.71. The van der Waals surface area contributed by atoms with Gasteiger partial charge >= 0.3 is 0 Å². The Bertz CT molecular complexity index is 607. The van der Waals surface area contributed by atoms with Gasteiger partial charge in [-0.25, -0.2) is 4.99 Å². The normalized spacial score (nSPS) is 17.1. The van der Waals surface area contributed by atoms with Crippen LogP contribution in [0.2, 0.25) is 0 Å². The second-order valence-electron chi connectivity index (χ2n) is 5.92. The lowest BCUT2D eigenvalue weighted by Gasteiger charge is -2.16. The van der Waals surface area contributed by atoms with Crippen molar-refractivity contribution in [3.8, 4) is 5.75 Å². The van der Waals surface area contributed by atoms with Crippen LogP contribution in [0.15, 0.2) is 28.9 Å². The highest BCUT2D eigenvalue weighted by atomic mass is 16.5. The highest BCUT2D eigenvalue weighted by Gasteiger charge is 2.28. The SMILES string of the molecule is COc1ccc(/C=C2/N=C(C(C)(C)C)NC2=O)cc1C. The zero-order chi connectivity index (χ0) is 14.9. The lowest BCUT2D eigenvalue weighted by molar-refractivity contribution is -0.115. The summed E-state index contributed by atoms with van der Waals surface area (Å²) in [5.41, 5.74) is 2.24. The molecule has 0 spiro atoms. The fourth-order valence-electron chi connectivity index (χ4n) is 1.97. The van der Waals surface area contributed by atoms with Crippen LogP contribution in [0, 0.1) is 12.3 Å². The summed E-state index contributed by atoms with van der Waals surface area (Å²) < 4.78 is 5.23. The number of benzene rings is 1. The second-order valence-corrected chi connectivity index (χ2v) is 5.92. The number of rotatable bonds is 2. The molecule has 0 aromatic heterocycles. The molecule has 1 aliphatic rings. The topological polar surface area (TPSA) is 50.7 Å². The van der Waals surface area contributed by atoms with E-state index < -0.39 is 0 Å². The molecule has 0 aliphatic carbocycles. The van der Waals surface area contributed by atoms with Gasteiger partial charge in [-0.2, -0.15) is 0 Å². The Labute approximate surface area is 119 Å². The molecule has 20 heavy (non-hydrogen) atoms. The number of hydrogen-bond donors (Lipinski definition) is 1. The maximum Gasteiger partial charge on any atom is 0.275 e. The van der Waals surface area contributed by atoms with Crippen LogP contribution in [0.1, 0.15) is 31.9 Å². The van der Waals surface area contributed by atoms with E-state index in [-0.39, 0.29) is 11.3 Å². The Morgan fingerprint density at radius 3 is 2.50 bits per heavy atom. The maximum absolute atomic E-state index is 11.9. The molecule has 1 aliphatic heterocycles. The Balaban J connectivity index is 2.34. The first-order chi connectivity index (χ1) is 9.31. The standard InChI is InChI=1S/C16H20N2O2/c1-10-8-11(6-7-13(10)20-5)9-12-14(19)18-15(17-12)16(2,3)4/h6-9H,1-5H3,(H,17,18,19)/b12-9+. The molecule has 0 saturated heterocycles. The highest BCUT2D eigenvalue weighted by Crippen LogP contribution is 2.24. The monoisotopic (exact) mass is 272 g/mol. The van der Waals surface area contributed by atoms with Crippen molar-refractivity contribution in [1.82, 2.24) is 5.32 Å². The first-order valence-electron chi connectivity index (χ1n) is 6.58. The molecule has 0 saturated carbocycles. The largest absolute Gasteiger partial charge is 0.496 e. The minimum atomic E-state index is -0.166. The lowest BCUT2D eigenvalue weighted by Crippen LogP contribution is -2.34. The zero-order valence-electron chi connectivity index (χ0n) is 12.6. The van der Waals surface area contributed by atoms with Gasteiger partial charge in [-0.05, 0) is 36.3 Å². The Kier molecular flexibility index (Phi) is 3.66. The van der Waals surface area contributed by atoms with Crippen LogP contribution in [-0.4, -0.2) is 18.9 Å². The van der Waals surface area contributed by atoms with Crippen LogP contribution >= 0.6 is 0 Å². The number of amidine groups is 1. The number of ether oxygens (including phenoxy) is 1. The molecule has 0 unspecified atom stereocenters. The zero-order valence-corrected chi connectivity index (χ0v) is 12.6. The Hall–Kier alpha value is -2.10. The maximum atomic E-state index is 11.9. The van der Waals surface area contributed by atoms with Gasteiger partial charge in [0.25, 0.3) is 5.91 Å². The fourth-order valence-corrected chi connectivity index (χ4v) is 1.97. The molecule has 0 fully saturated rings. The molecule has 4 heteroatoms. The van der Waals surface area contributed by atoms with E-state index in [1.54, 1.807) is 13.2 Å².